The van der Waals surface area contributed by atoms with Gasteiger partial charge in [-0.1, -0.05) is 22.9 Å². The van der Waals surface area contributed by atoms with Crippen molar-refractivity contribution in [2.75, 3.05) is 6.61 Å². The van der Waals surface area contributed by atoms with Gasteiger partial charge in [0.05, 0.1) is 5.41 Å². The minimum Gasteiger partial charge on any atom is -0.455 e. The Labute approximate surface area is 159 Å². The molecule has 140 valence electrons. The van der Waals surface area contributed by atoms with Crippen LogP contribution in [0.3, 0.4) is 0 Å². The van der Waals surface area contributed by atoms with E-state index in [1.54, 1.807) is 0 Å². The molecule has 0 aromatic carbocycles. The van der Waals surface area contributed by atoms with Gasteiger partial charge in [0.1, 0.15) is 0 Å². The standard InChI is InChI=1S/C20H30BrNO3/c1-13-2-4-16(5-3-13)22-17(23)11-25-18(24)19-7-14-6-15(8-19)10-20(21,9-14)12-19/h13-16H,2-12H2,1H3,(H,22,23)/t13?,14-,15-,16?,19?,20?/m0/s1. The number of carbonyl (C=O) groups excluding carboxylic acids is 2. The van der Waals surface area contributed by atoms with Gasteiger partial charge in [0.2, 0.25) is 0 Å². The maximum absolute atomic E-state index is 12.9. The number of amides is 1. The molecule has 4 nitrogen and oxygen atoms in total. The molecule has 1 N–H and O–H groups in total. The molecule has 0 unspecified atom stereocenters. The second-order valence-corrected chi connectivity index (χ2v) is 11.2. The number of nitrogens with one attached hydrogen (secondary N) is 1. The van der Waals surface area contributed by atoms with E-state index in [4.69, 9.17) is 4.74 Å². The molecule has 5 rings (SSSR count). The molecule has 1 amide bonds. The third kappa shape index (κ3) is 3.63. The number of ether oxygens (including phenoxy) is 1. The second-order valence-electron chi connectivity index (χ2n) is 9.49. The molecule has 4 bridgehead atoms. The molecule has 5 fully saturated rings. The Hall–Kier alpha value is -0.580. The maximum atomic E-state index is 12.9. The van der Waals surface area contributed by atoms with Crippen LogP contribution in [0.5, 0.6) is 0 Å². The van der Waals surface area contributed by atoms with Crippen molar-refractivity contribution < 1.29 is 14.3 Å². The summed E-state index contributed by atoms with van der Waals surface area (Å²) in [6, 6.07) is 0.257. The molecule has 5 heteroatoms. The normalized spacial score (nSPS) is 45.2. The highest BCUT2D eigenvalue weighted by atomic mass is 79.9. The summed E-state index contributed by atoms with van der Waals surface area (Å²) in [5.41, 5.74) is -0.339. The summed E-state index contributed by atoms with van der Waals surface area (Å²) in [5.74, 6) is 1.79. The van der Waals surface area contributed by atoms with Gasteiger partial charge in [-0.3, -0.25) is 9.59 Å². The molecular formula is C20H30BrNO3. The van der Waals surface area contributed by atoms with Crippen molar-refractivity contribution in [3.63, 3.8) is 0 Å². The van der Waals surface area contributed by atoms with E-state index in [-0.39, 0.29) is 34.3 Å². The molecule has 5 aliphatic carbocycles. The summed E-state index contributed by atoms with van der Waals surface area (Å²) < 4.78 is 5.66. The number of esters is 1. The number of carbonyl (C=O) groups is 2. The first-order valence-electron chi connectivity index (χ1n) is 10.0. The van der Waals surface area contributed by atoms with Crippen LogP contribution in [0.2, 0.25) is 0 Å². The summed E-state index contributed by atoms with van der Waals surface area (Å²) >= 11 is 3.92. The predicted octanol–water partition coefficient (Wildman–Crippen LogP) is 3.96. The lowest BCUT2D eigenvalue weighted by Gasteiger charge is -2.58. The van der Waals surface area contributed by atoms with Crippen molar-refractivity contribution in [2.24, 2.45) is 23.2 Å². The van der Waals surface area contributed by atoms with Gasteiger partial charge in [0, 0.05) is 10.4 Å². The van der Waals surface area contributed by atoms with Gasteiger partial charge in [0.25, 0.3) is 5.91 Å². The zero-order valence-corrected chi connectivity index (χ0v) is 16.8. The summed E-state index contributed by atoms with van der Waals surface area (Å²) in [4.78, 5) is 25.0. The van der Waals surface area contributed by atoms with E-state index in [9.17, 15) is 9.59 Å². The first-order chi connectivity index (χ1) is 11.9. The van der Waals surface area contributed by atoms with Crippen LogP contribution in [-0.2, 0) is 14.3 Å². The van der Waals surface area contributed by atoms with Crippen LogP contribution < -0.4 is 5.32 Å². The SMILES string of the molecule is CC1CCC(NC(=O)COC(=O)C23C[C@@H]4C[C@H](CC(Br)(C4)C2)C3)CC1. The van der Waals surface area contributed by atoms with Gasteiger partial charge < -0.3 is 10.1 Å². The first kappa shape index (κ1) is 17.8. The van der Waals surface area contributed by atoms with E-state index in [0.717, 1.165) is 38.0 Å². The Morgan fingerprint density at radius 1 is 1.08 bits per heavy atom. The fourth-order valence-electron chi connectivity index (χ4n) is 6.35. The Morgan fingerprint density at radius 3 is 2.32 bits per heavy atom. The van der Waals surface area contributed by atoms with Gasteiger partial charge in [0.15, 0.2) is 6.61 Å². The monoisotopic (exact) mass is 411 g/mol. The number of alkyl halides is 1. The van der Waals surface area contributed by atoms with Crippen LogP contribution >= 0.6 is 15.9 Å². The molecular weight excluding hydrogens is 382 g/mol. The number of hydrogen-bond acceptors (Lipinski definition) is 3. The second kappa shape index (κ2) is 6.54. The highest BCUT2D eigenvalue weighted by molar-refractivity contribution is 9.10. The highest BCUT2D eigenvalue weighted by Gasteiger charge is 2.60. The minimum absolute atomic E-state index is 0.114. The van der Waals surface area contributed by atoms with E-state index in [2.05, 4.69) is 28.2 Å². The molecule has 0 saturated heterocycles. The fraction of sp³-hybridized carbons (Fsp3) is 0.900. The number of hydrogen-bond donors (Lipinski definition) is 1. The Kier molecular flexibility index (Phi) is 4.66. The predicted molar refractivity (Wildman–Crippen MR) is 99.3 cm³/mol. The molecule has 0 aliphatic heterocycles. The van der Waals surface area contributed by atoms with Gasteiger partial charge in [-0.25, -0.2) is 0 Å². The fourth-order valence-corrected chi connectivity index (χ4v) is 7.80. The topological polar surface area (TPSA) is 55.4 Å². The lowest BCUT2D eigenvalue weighted by Crippen LogP contribution is -2.56. The lowest BCUT2D eigenvalue weighted by molar-refractivity contribution is -0.171. The average Bonchev–Trinajstić information content (AvgIpc) is 2.52. The van der Waals surface area contributed by atoms with E-state index in [1.165, 1.54) is 32.1 Å². The first-order valence-corrected chi connectivity index (χ1v) is 10.8. The molecule has 25 heavy (non-hydrogen) atoms. The summed E-state index contributed by atoms with van der Waals surface area (Å²) in [7, 11) is 0. The summed E-state index contributed by atoms with van der Waals surface area (Å²) in [6.45, 7) is 2.15. The number of rotatable bonds is 4. The largest absolute Gasteiger partial charge is 0.455 e. The van der Waals surface area contributed by atoms with Gasteiger partial charge in [-0.2, -0.15) is 0 Å². The van der Waals surface area contributed by atoms with Crippen LogP contribution in [0.1, 0.15) is 71.1 Å². The van der Waals surface area contributed by atoms with Crippen molar-refractivity contribution in [2.45, 2.75) is 81.5 Å². The quantitative estimate of drug-likeness (QED) is 0.562. The molecule has 0 aromatic heterocycles. The molecule has 2 atom stereocenters. The molecule has 5 aliphatic rings. The molecule has 0 radical (unpaired) electrons. The van der Waals surface area contributed by atoms with Crippen molar-refractivity contribution in [3.8, 4) is 0 Å². The van der Waals surface area contributed by atoms with Gasteiger partial charge in [-0.15, -0.1) is 0 Å². The minimum atomic E-state index is -0.339. The molecule has 0 heterocycles. The summed E-state index contributed by atoms with van der Waals surface area (Å²) in [6.07, 6.45) is 10.9. The van der Waals surface area contributed by atoms with Gasteiger partial charge in [-0.05, 0) is 82.0 Å². The van der Waals surface area contributed by atoms with Crippen molar-refractivity contribution >= 4 is 27.8 Å². The molecule has 0 spiro atoms. The van der Waals surface area contributed by atoms with E-state index < -0.39 is 0 Å². The molecule has 5 saturated carbocycles. The Balaban J connectivity index is 1.30. The third-order valence-corrected chi connectivity index (χ3v) is 8.07. The zero-order valence-electron chi connectivity index (χ0n) is 15.2. The third-order valence-electron chi connectivity index (χ3n) is 7.14. The van der Waals surface area contributed by atoms with Crippen molar-refractivity contribution in [3.05, 3.63) is 0 Å². The average molecular weight is 412 g/mol. The van der Waals surface area contributed by atoms with Crippen molar-refractivity contribution in [1.82, 2.24) is 5.32 Å². The van der Waals surface area contributed by atoms with E-state index in [0.29, 0.717) is 11.8 Å². The number of halogens is 1. The maximum Gasteiger partial charge on any atom is 0.312 e. The Bertz CT molecular complexity index is 541. The van der Waals surface area contributed by atoms with E-state index in [1.807, 2.05) is 0 Å². The summed E-state index contributed by atoms with van der Waals surface area (Å²) in [5, 5.41) is 3.05. The van der Waals surface area contributed by atoms with Crippen LogP contribution in [0, 0.1) is 23.2 Å². The van der Waals surface area contributed by atoms with Crippen LogP contribution in [0.4, 0.5) is 0 Å². The Morgan fingerprint density at radius 2 is 1.72 bits per heavy atom. The smallest absolute Gasteiger partial charge is 0.312 e. The lowest BCUT2D eigenvalue weighted by atomic mass is 9.49. The van der Waals surface area contributed by atoms with Crippen molar-refractivity contribution in [1.29, 1.82) is 0 Å². The van der Waals surface area contributed by atoms with Crippen LogP contribution in [0.15, 0.2) is 0 Å². The highest BCUT2D eigenvalue weighted by Crippen LogP contribution is 2.64. The van der Waals surface area contributed by atoms with E-state index >= 15 is 0 Å². The van der Waals surface area contributed by atoms with Gasteiger partial charge >= 0.3 is 5.97 Å². The van der Waals surface area contributed by atoms with Crippen LogP contribution in [-0.4, -0.2) is 28.8 Å². The molecule has 0 aromatic rings. The van der Waals surface area contributed by atoms with Crippen LogP contribution in [0.25, 0.3) is 0 Å². The zero-order chi connectivity index (χ0) is 17.7.